The van der Waals surface area contributed by atoms with E-state index in [-0.39, 0.29) is 36.7 Å². The number of anilines is 2. The number of nitrogens with one attached hydrogen (secondary N) is 3. The van der Waals surface area contributed by atoms with E-state index in [9.17, 15) is 14.4 Å². The van der Waals surface area contributed by atoms with Gasteiger partial charge in [0, 0.05) is 19.3 Å². The molecule has 11 heteroatoms. The Morgan fingerprint density at radius 1 is 1.19 bits per heavy atom. The second kappa shape index (κ2) is 11.0. The number of hydrogen-bond donors (Lipinski definition) is 3. The van der Waals surface area contributed by atoms with Gasteiger partial charge in [-0.15, -0.1) is 0 Å². The molecule has 1 saturated heterocycles. The van der Waals surface area contributed by atoms with Crippen LogP contribution in [0.4, 0.5) is 16.2 Å². The summed E-state index contributed by atoms with van der Waals surface area (Å²) in [5, 5.41) is 12.2. The van der Waals surface area contributed by atoms with Crippen molar-refractivity contribution in [1.29, 1.82) is 0 Å². The fourth-order valence-electron chi connectivity index (χ4n) is 4.59. The van der Waals surface area contributed by atoms with Gasteiger partial charge in [-0.2, -0.15) is 0 Å². The van der Waals surface area contributed by atoms with Crippen LogP contribution in [0.25, 0.3) is 0 Å². The normalized spacial score (nSPS) is 21.4. The zero-order valence-corrected chi connectivity index (χ0v) is 21.1. The first kappa shape index (κ1) is 25.5. The molecule has 0 unspecified atom stereocenters. The molecule has 4 rings (SSSR count). The minimum absolute atomic E-state index is 0.0275. The van der Waals surface area contributed by atoms with Crippen molar-refractivity contribution in [3.63, 3.8) is 0 Å². The van der Waals surface area contributed by atoms with E-state index in [1.165, 1.54) is 0 Å². The predicted octanol–water partition coefficient (Wildman–Crippen LogP) is 3.23. The Kier molecular flexibility index (Phi) is 7.78. The van der Waals surface area contributed by atoms with Gasteiger partial charge in [-0.05, 0) is 51.3 Å². The van der Waals surface area contributed by atoms with E-state index >= 15 is 0 Å². The zero-order chi connectivity index (χ0) is 25.8. The number of urea groups is 1. The number of rotatable bonds is 6. The largest absolute Gasteiger partial charge is 0.490 e. The van der Waals surface area contributed by atoms with Gasteiger partial charge < -0.3 is 34.8 Å². The van der Waals surface area contributed by atoms with Crippen molar-refractivity contribution in [1.82, 2.24) is 15.4 Å². The summed E-state index contributed by atoms with van der Waals surface area (Å²) in [5.41, 5.74) is 1.87. The molecule has 2 aromatic rings. The minimum atomic E-state index is -0.480. The molecule has 3 N–H and O–H groups in total. The third kappa shape index (κ3) is 5.62. The molecule has 3 atom stereocenters. The number of aromatic nitrogens is 1. The summed E-state index contributed by atoms with van der Waals surface area (Å²) in [7, 11) is 1.75. The fraction of sp³-hybridized carbons (Fsp3) is 0.520. The lowest BCUT2D eigenvalue weighted by atomic mass is 9.94. The molecule has 4 amide bonds. The first-order valence-corrected chi connectivity index (χ1v) is 12.2. The smallest absolute Gasteiger partial charge is 0.323 e. The number of likely N-dealkylation sites (N-methyl/N-ethyl adjacent to an activating group) is 1. The molecule has 194 valence electrons. The molecule has 11 nitrogen and oxygen atoms in total. The molecular weight excluding hydrogens is 466 g/mol. The number of carbonyl (C=O) groups excluding carboxylic acids is 3. The van der Waals surface area contributed by atoms with Crippen LogP contribution < -0.4 is 20.7 Å². The minimum Gasteiger partial charge on any atom is -0.490 e. The van der Waals surface area contributed by atoms with Crippen LogP contribution in [0.5, 0.6) is 5.75 Å². The molecule has 36 heavy (non-hydrogen) atoms. The highest BCUT2D eigenvalue weighted by Crippen LogP contribution is 2.32. The van der Waals surface area contributed by atoms with Gasteiger partial charge >= 0.3 is 6.03 Å². The van der Waals surface area contributed by atoms with Crippen LogP contribution in [0.1, 0.15) is 54.4 Å². The standard InChI is InChI=1S/C25H33N5O6/c1-5-10-26-22(31)12-17-7-8-19-21(35-17)13-34-20-9-6-16(11-18(20)24(32)30(19)4)27-25(33)28-23-14(2)29-36-15(23)3/h6,9,11,17,19,21H,5,7-8,10,12-13H2,1-4H3,(H,26,31)(H2,27,28,33)/t17-,19-,21-/m1/s1. The van der Waals surface area contributed by atoms with E-state index in [1.54, 1.807) is 44.0 Å². The SMILES string of the molecule is CCCNC(=O)C[C@H]1CC[C@@H]2[C@@H](COc3ccc(NC(=O)Nc4c(C)noc4C)cc3C(=O)N2C)O1. The summed E-state index contributed by atoms with van der Waals surface area (Å²) in [4.78, 5) is 39.7. The third-order valence-electron chi connectivity index (χ3n) is 6.53. The Bertz CT molecular complexity index is 1110. The summed E-state index contributed by atoms with van der Waals surface area (Å²) in [5.74, 6) is 0.657. The highest BCUT2D eigenvalue weighted by Gasteiger charge is 2.39. The van der Waals surface area contributed by atoms with Gasteiger partial charge in [-0.25, -0.2) is 4.79 Å². The van der Waals surface area contributed by atoms with E-state index in [4.69, 9.17) is 14.0 Å². The number of benzene rings is 1. The van der Waals surface area contributed by atoms with E-state index in [2.05, 4.69) is 21.1 Å². The summed E-state index contributed by atoms with van der Waals surface area (Å²) in [6.45, 7) is 6.34. The Morgan fingerprint density at radius 2 is 2.00 bits per heavy atom. The Hall–Kier alpha value is -3.60. The van der Waals surface area contributed by atoms with Crippen molar-refractivity contribution in [3.05, 3.63) is 35.2 Å². The number of aryl methyl sites for hydroxylation is 2. The van der Waals surface area contributed by atoms with Crippen molar-refractivity contribution >= 4 is 29.2 Å². The first-order chi connectivity index (χ1) is 17.3. The highest BCUT2D eigenvalue weighted by atomic mass is 16.5. The van der Waals surface area contributed by atoms with E-state index in [0.29, 0.717) is 59.9 Å². The molecule has 3 heterocycles. The molecule has 0 aliphatic carbocycles. The summed E-state index contributed by atoms with van der Waals surface area (Å²) >= 11 is 0. The van der Waals surface area contributed by atoms with Crippen molar-refractivity contribution in [2.75, 3.05) is 30.8 Å². The maximum Gasteiger partial charge on any atom is 0.323 e. The number of amides is 4. The lowest BCUT2D eigenvalue weighted by Gasteiger charge is -2.42. The molecule has 2 aliphatic rings. The van der Waals surface area contributed by atoms with Crippen LogP contribution in [0.3, 0.4) is 0 Å². The Labute approximate surface area is 209 Å². The summed E-state index contributed by atoms with van der Waals surface area (Å²) < 4.78 is 17.3. The molecule has 1 aromatic heterocycles. The average molecular weight is 500 g/mol. The number of hydrogen-bond acceptors (Lipinski definition) is 7. The molecule has 0 bridgehead atoms. The molecule has 1 aromatic carbocycles. The van der Waals surface area contributed by atoms with E-state index in [1.807, 2.05) is 6.92 Å². The third-order valence-corrected chi connectivity index (χ3v) is 6.53. The van der Waals surface area contributed by atoms with Gasteiger partial charge in [0.15, 0.2) is 5.76 Å². The predicted molar refractivity (Wildman–Crippen MR) is 132 cm³/mol. The highest BCUT2D eigenvalue weighted by molar-refractivity contribution is 6.03. The van der Waals surface area contributed by atoms with Gasteiger partial charge in [-0.1, -0.05) is 12.1 Å². The van der Waals surface area contributed by atoms with Gasteiger partial charge in [0.2, 0.25) is 5.91 Å². The number of ether oxygens (including phenoxy) is 2. The second-order valence-electron chi connectivity index (χ2n) is 9.21. The van der Waals surface area contributed by atoms with Crippen molar-refractivity contribution in [2.24, 2.45) is 0 Å². The average Bonchev–Trinajstić information content (AvgIpc) is 3.17. The monoisotopic (exact) mass is 499 g/mol. The molecule has 2 aliphatic heterocycles. The maximum atomic E-state index is 13.4. The molecule has 0 saturated carbocycles. The van der Waals surface area contributed by atoms with Crippen LogP contribution in [-0.2, 0) is 9.53 Å². The number of carbonyl (C=O) groups is 3. The molecule has 0 radical (unpaired) electrons. The van der Waals surface area contributed by atoms with Crippen LogP contribution >= 0.6 is 0 Å². The Balaban J connectivity index is 1.44. The quantitative estimate of drug-likeness (QED) is 0.555. The van der Waals surface area contributed by atoms with Gasteiger partial charge in [0.25, 0.3) is 5.91 Å². The van der Waals surface area contributed by atoms with Crippen LogP contribution in [-0.4, -0.2) is 66.4 Å². The van der Waals surface area contributed by atoms with Gasteiger partial charge in [-0.3, -0.25) is 9.59 Å². The zero-order valence-electron chi connectivity index (χ0n) is 21.1. The molecular formula is C25H33N5O6. The fourth-order valence-corrected chi connectivity index (χ4v) is 4.59. The number of nitrogens with zero attached hydrogens (tertiary/aromatic N) is 2. The lowest BCUT2D eigenvalue weighted by Crippen LogP contribution is -2.54. The Morgan fingerprint density at radius 3 is 2.72 bits per heavy atom. The topological polar surface area (TPSA) is 135 Å². The maximum absolute atomic E-state index is 13.4. The second-order valence-corrected chi connectivity index (χ2v) is 9.21. The van der Waals surface area contributed by atoms with Gasteiger partial charge in [0.05, 0.1) is 24.1 Å². The van der Waals surface area contributed by atoms with Gasteiger partial charge in [0.1, 0.15) is 29.8 Å². The summed E-state index contributed by atoms with van der Waals surface area (Å²) in [6, 6.07) is 4.27. The first-order valence-electron chi connectivity index (χ1n) is 12.2. The van der Waals surface area contributed by atoms with Crippen molar-refractivity contribution in [3.8, 4) is 5.75 Å². The van der Waals surface area contributed by atoms with Crippen LogP contribution in [0, 0.1) is 13.8 Å². The summed E-state index contributed by atoms with van der Waals surface area (Å²) in [6.07, 6.45) is 2.00. The van der Waals surface area contributed by atoms with Crippen LogP contribution in [0.2, 0.25) is 0 Å². The van der Waals surface area contributed by atoms with Crippen LogP contribution in [0.15, 0.2) is 22.7 Å². The van der Waals surface area contributed by atoms with Crippen molar-refractivity contribution in [2.45, 2.75) is 64.7 Å². The molecule has 0 spiro atoms. The van der Waals surface area contributed by atoms with E-state index < -0.39 is 6.03 Å². The molecule has 1 fully saturated rings. The lowest BCUT2D eigenvalue weighted by molar-refractivity contribution is -0.134. The van der Waals surface area contributed by atoms with Crippen molar-refractivity contribution < 1.29 is 28.4 Å². The van der Waals surface area contributed by atoms with E-state index in [0.717, 1.165) is 6.42 Å². The number of fused-ring (bicyclic) bond motifs is 2.